The topological polar surface area (TPSA) is 25.8 Å². The number of nitrogens with zero attached hydrogens (tertiary/aromatic N) is 2. The normalized spacial score (nSPS) is 10.5. The molecule has 0 atom stereocenters. The summed E-state index contributed by atoms with van der Waals surface area (Å²) in [5.74, 6) is 0. The molecule has 0 saturated carbocycles. The number of hydrogen-bond acceptors (Lipinski definition) is 2. The average Bonchev–Trinajstić information content (AvgIpc) is 2.49. The van der Waals surface area contributed by atoms with E-state index in [9.17, 15) is 0 Å². The highest BCUT2D eigenvalue weighted by molar-refractivity contribution is 9.10. The lowest BCUT2D eigenvalue weighted by Crippen LogP contribution is -1.92. The molecule has 0 bridgehead atoms. The molecular formula is C16H10Br2N2. The zero-order valence-corrected chi connectivity index (χ0v) is 13.6. The third kappa shape index (κ3) is 2.81. The Hall–Kier alpha value is -1.52. The zero-order chi connectivity index (χ0) is 13.9. The molecule has 0 aliphatic heterocycles. The molecule has 0 aliphatic rings. The predicted molar refractivity (Wildman–Crippen MR) is 88.3 cm³/mol. The fraction of sp³-hybridized carbons (Fsp3) is 0. The van der Waals surface area contributed by atoms with Crippen molar-refractivity contribution in [1.82, 2.24) is 9.97 Å². The van der Waals surface area contributed by atoms with Crippen LogP contribution in [0, 0.1) is 0 Å². The van der Waals surface area contributed by atoms with Crippen molar-refractivity contribution in [3.63, 3.8) is 0 Å². The SMILES string of the molecule is Brc1ccc(-c2nccnc2-c2ccc(Br)cc2)cc1. The van der Waals surface area contributed by atoms with E-state index in [0.717, 1.165) is 31.5 Å². The van der Waals surface area contributed by atoms with E-state index in [0.29, 0.717) is 0 Å². The molecule has 20 heavy (non-hydrogen) atoms. The van der Waals surface area contributed by atoms with Gasteiger partial charge in [0.05, 0.1) is 11.4 Å². The molecule has 3 aromatic rings. The molecule has 4 heteroatoms. The molecule has 1 heterocycles. The second kappa shape index (κ2) is 5.85. The molecule has 98 valence electrons. The van der Waals surface area contributed by atoms with Crippen LogP contribution in [0.25, 0.3) is 22.5 Å². The van der Waals surface area contributed by atoms with Crippen LogP contribution in [0.15, 0.2) is 69.9 Å². The summed E-state index contributed by atoms with van der Waals surface area (Å²) >= 11 is 6.90. The highest BCUT2D eigenvalue weighted by Gasteiger charge is 2.09. The lowest BCUT2D eigenvalue weighted by Gasteiger charge is -2.08. The van der Waals surface area contributed by atoms with Gasteiger partial charge in [-0.2, -0.15) is 0 Å². The molecule has 0 saturated heterocycles. The monoisotopic (exact) mass is 388 g/mol. The first kappa shape index (κ1) is 13.5. The van der Waals surface area contributed by atoms with E-state index in [1.807, 2.05) is 48.5 Å². The van der Waals surface area contributed by atoms with E-state index in [4.69, 9.17) is 0 Å². The molecular weight excluding hydrogens is 380 g/mol. The van der Waals surface area contributed by atoms with Crippen molar-refractivity contribution in [1.29, 1.82) is 0 Å². The van der Waals surface area contributed by atoms with Crippen LogP contribution in [-0.2, 0) is 0 Å². The van der Waals surface area contributed by atoms with Crippen molar-refractivity contribution in [3.05, 3.63) is 69.9 Å². The zero-order valence-electron chi connectivity index (χ0n) is 10.4. The first-order chi connectivity index (χ1) is 9.74. The van der Waals surface area contributed by atoms with Gasteiger partial charge in [-0.05, 0) is 24.3 Å². The van der Waals surface area contributed by atoms with Crippen LogP contribution in [-0.4, -0.2) is 9.97 Å². The van der Waals surface area contributed by atoms with Crippen LogP contribution in [0.2, 0.25) is 0 Å². The highest BCUT2D eigenvalue weighted by atomic mass is 79.9. The molecule has 3 rings (SSSR count). The summed E-state index contributed by atoms with van der Waals surface area (Å²) in [6.45, 7) is 0. The molecule has 0 radical (unpaired) electrons. The first-order valence-electron chi connectivity index (χ1n) is 6.07. The molecule has 0 amide bonds. The van der Waals surface area contributed by atoms with Gasteiger partial charge in [-0.15, -0.1) is 0 Å². The summed E-state index contributed by atoms with van der Waals surface area (Å²) in [6.07, 6.45) is 3.44. The number of hydrogen-bond donors (Lipinski definition) is 0. The van der Waals surface area contributed by atoms with E-state index in [1.54, 1.807) is 12.4 Å². The average molecular weight is 390 g/mol. The van der Waals surface area contributed by atoms with Gasteiger partial charge in [0, 0.05) is 32.5 Å². The Bertz CT molecular complexity index is 658. The lowest BCUT2D eigenvalue weighted by molar-refractivity contribution is 1.21. The maximum atomic E-state index is 4.49. The van der Waals surface area contributed by atoms with Crippen molar-refractivity contribution < 1.29 is 0 Å². The maximum Gasteiger partial charge on any atom is 0.0965 e. The van der Waals surface area contributed by atoms with Gasteiger partial charge in [-0.25, -0.2) is 0 Å². The fourth-order valence-corrected chi connectivity index (χ4v) is 2.50. The van der Waals surface area contributed by atoms with Gasteiger partial charge in [0.25, 0.3) is 0 Å². The van der Waals surface area contributed by atoms with Crippen molar-refractivity contribution in [2.75, 3.05) is 0 Å². The fourth-order valence-electron chi connectivity index (χ4n) is 1.98. The Kier molecular flexibility index (Phi) is 3.94. The van der Waals surface area contributed by atoms with Crippen molar-refractivity contribution in [3.8, 4) is 22.5 Å². The van der Waals surface area contributed by atoms with E-state index >= 15 is 0 Å². The largest absolute Gasteiger partial charge is 0.252 e. The standard InChI is InChI=1S/C16H10Br2N2/c17-13-5-1-11(2-6-13)15-16(20-10-9-19-15)12-3-7-14(18)8-4-12/h1-10H. The molecule has 2 nitrogen and oxygen atoms in total. The van der Waals surface area contributed by atoms with Gasteiger partial charge in [0.1, 0.15) is 0 Å². The van der Waals surface area contributed by atoms with E-state index in [2.05, 4.69) is 41.8 Å². The summed E-state index contributed by atoms with van der Waals surface area (Å²) in [6, 6.07) is 16.2. The Labute approximate surface area is 134 Å². The van der Waals surface area contributed by atoms with Gasteiger partial charge in [0.15, 0.2) is 0 Å². The van der Waals surface area contributed by atoms with Gasteiger partial charge in [-0.1, -0.05) is 56.1 Å². The van der Waals surface area contributed by atoms with Gasteiger partial charge < -0.3 is 0 Å². The minimum absolute atomic E-state index is 0.891. The minimum Gasteiger partial charge on any atom is -0.252 e. The Balaban J connectivity index is 2.13. The molecule has 0 unspecified atom stereocenters. The van der Waals surface area contributed by atoms with Crippen molar-refractivity contribution >= 4 is 31.9 Å². The van der Waals surface area contributed by atoms with Crippen LogP contribution in [0.3, 0.4) is 0 Å². The Morgan fingerprint density at radius 1 is 0.550 bits per heavy atom. The Morgan fingerprint density at radius 3 is 1.25 bits per heavy atom. The van der Waals surface area contributed by atoms with Crippen LogP contribution < -0.4 is 0 Å². The number of halogens is 2. The minimum atomic E-state index is 0.891. The first-order valence-corrected chi connectivity index (χ1v) is 7.65. The van der Waals surface area contributed by atoms with Crippen LogP contribution in [0.5, 0.6) is 0 Å². The summed E-state index contributed by atoms with van der Waals surface area (Å²) < 4.78 is 2.10. The van der Waals surface area contributed by atoms with E-state index < -0.39 is 0 Å². The van der Waals surface area contributed by atoms with Gasteiger partial charge in [-0.3, -0.25) is 9.97 Å². The molecule has 2 aromatic carbocycles. The summed E-state index contributed by atoms with van der Waals surface area (Å²) in [7, 11) is 0. The van der Waals surface area contributed by atoms with Crippen LogP contribution >= 0.6 is 31.9 Å². The Morgan fingerprint density at radius 2 is 0.900 bits per heavy atom. The number of aromatic nitrogens is 2. The van der Waals surface area contributed by atoms with Crippen molar-refractivity contribution in [2.24, 2.45) is 0 Å². The summed E-state index contributed by atoms with van der Waals surface area (Å²) in [4.78, 5) is 8.98. The highest BCUT2D eigenvalue weighted by Crippen LogP contribution is 2.29. The van der Waals surface area contributed by atoms with E-state index in [1.165, 1.54) is 0 Å². The smallest absolute Gasteiger partial charge is 0.0965 e. The molecule has 0 N–H and O–H groups in total. The van der Waals surface area contributed by atoms with E-state index in [-0.39, 0.29) is 0 Å². The van der Waals surface area contributed by atoms with Crippen molar-refractivity contribution in [2.45, 2.75) is 0 Å². The summed E-state index contributed by atoms with van der Waals surface area (Å²) in [5, 5.41) is 0. The third-order valence-corrected chi connectivity index (χ3v) is 3.99. The second-order valence-electron chi connectivity index (χ2n) is 4.27. The second-order valence-corrected chi connectivity index (χ2v) is 6.10. The predicted octanol–water partition coefficient (Wildman–Crippen LogP) is 5.34. The van der Waals surface area contributed by atoms with Gasteiger partial charge >= 0.3 is 0 Å². The molecule has 0 fully saturated rings. The number of rotatable bonds is 2. The van der Waals surface area contributed by atoms with Crippen LogP contribution in [0.4, 0.5) is 0 Å². The quantitative estimate of drug-likeness (QED) is 0.591. The summed E-state index contributed by atoms with van der Waals surface area (Å²) in [5.41, 5.74) is 3.89. The molecule has 0 aliphatic carbocycles. The maximum absolute atomic E-state index is 4.49. The van der Waals surface area contributed by atoms with Crippen LogP contribution in [0.1, 0.15) is 0 Å². The van der Waals surface area contributed by atoms with Gasteiger partial charge in [0.2, 0.25) is 0 Å². The number of benzene rings is 2. The third-order valence-electron chi connectivity index (χ3n) is 2.93. The lowest BCUT2D eigenvalue weighted by atomic mass is 10.0. The molecule has 0 spiro atoms. The molecule has 1 aromatic heterocycles.